The Bertz CT molecular complexity index is 893. The number of aliphatic hydroxyl groups excluding tert-OH is 1. The van der Waals surface area contributed by atoms with Crippen LogP contribution < -0.4 is 9.47 Å². The molecule has 0 spiro atoms. The zero-order valence-electron chi connectivity index (χ0n) is 14.1. The van der Waals surface area contributed by atoms with Gasteiger partial charge in [0.1, 0.15) is 22.0 Å². The molecule has 2 aromatic carbocycles. The summed E-state index contributed by atoms with van der Waals surface area (Å²) in [5.41, 5.74) is -0.242. The highest BCUT2D eigenvalue weighted by Gasteiger charge is 2.43. The first-order chi connectivity index (χ1) is 11.7. The third-order valence-electron chi connectivity index (χ3n) is 4.27. The van der Waals surface area contributed by atoms with E-state index in [-0.39, 0.29) is 20.4 Å². The number of hydrogen-bond acceptors (Lipinski definition) is 5. The number of sulfone groups is 1. The van der Waals surface area contributed by atoms with Gasteiger partial charge in [-0.1, -0.05) is 34.1 Å². The quantitative estimate of drug-likeness (QED) is 0.760. The van der Waals surface area contributed by atoms with Gasteiger partial charge < -0.3 is 14.6 Å². The molecule has 0 saturated heterocycles. The summed E-state index contributed by atoms with van der Waals surface area (Å²) in [6, 6.07) is 11.1. The van der Waals surface area contributed by atoms with Gasteiger partial charge in [-0.3, -0.25) is 0 Å². The van der Waals surface area contributed by atoms with E-state index in [0.29, 0.717) is 11.3 Å². The number of aliphatic hydroxyl groups is 1. The van der Waals surface area contributed by atoms with Gasteiger partial charge in [-0.05, 0) is 32.0 Å². The topological polar surface area (TPSA) is 72.8 Å². The lowest BCUT2D eigenvalue weighted by atomic mass is 9.91. The lowest BCUT2D eigenvalue weighted by molar-refractivity contribution is 0.0221. The van der Waals surface area contributed by atoms with E-state index in [1.807, 2.05) is 13.8 Å². The fraction of sp³-hybridized carbons (Fsp3) is 0.333. The highest BCUT2D eigenvalue weighted by atomic mass is 79.9. The molecule has 1 heterocycles. The maximum Gasteiger partial charge on any atom is 0.210 e. The molecule has 0 amide bonds. The molecule has 1 aliphatic heterocycles. The summed E-state index contributed by atoms with van der Waals surface area (Å²) in [5, 5.41) is 10.6. The van der Waals surface area contributed by atoms with Crippen molar-refractivity contribution in [3.05, 3.63) is 48.0 Å². The van der Waals surface area contributed by atoms with Crippen LogP contribution in [0.5, 0.6) is 11.5 Å². The molecule has 3 rings (SSSR count). The molecule has 1 aliphatic rings. The van der Waals surface area contributed by atoms with Gasteiger partial charge in [0.05, 0.1) is 22.9 Å². The molecule has 0 bridgehead atoms. The molecule has 0 aromatic heterocycles. The van der Waals surface area contributed by atoms with Crippen LogP contribution in [0.15, 0.2) is 52.3 Å². The summed E-state index contributed by atoms with van der Waals surface area (Å²) in [6.07, 6.45) is -0.908. The van der Waals surface area contributed by atoms with Gasteiger partial charge in [-0.25, -0.2) is 8.42 Å². The molecule has 7 heteroatoms. The van der Waals surface area contributed by atoms with E-state index in [4.69, 9.17) is 9.47 Å². The number of benzene rings is 2. The summed E-state index contributed by atoms with van der Waals surface area (Å²) in [7, 11) is -2.39. The first-order valence-electron chi connectivity index (χ1n) is 7.71. The Hall–Kier alpha value is -1.57. The standard InChI is InChI=1S/C18H19BrO5S/c1-18(2)17(19)16(20)12-9-15(14(23-3)10-13(12)24-18)25(21,22)11-7-5-4-6-8-11/h4-10,16-17,20H,1-3H3. The molecule has 0 saturated carbocycles. The summed E-state index contributed by atoms with van der Waals surface area (Å²) >= 11 is 3.44. The second-order valence-electron chi connectivity index (χ2n) is 6.41. The Labute approximate surface area is 155 Å². The highest BCUT2D eigenvalue weighted by molar-refractivity contribution is 9.09. The van der Waals surface area contributed by atoms with Crippen molar-refractivity contribution in [2.45, 2.75) is 40.2 Å². The van der Waals surface area contributed by atoms with Gasteiger partial charge in [0.15, 0.2) is 0 Å². The van der Waals surface area contributed by atoms with Gasteiger partial charge in [-0.2, -0.15) is 0 Å². The van der Waals surface area contributed by atoms with Crippen molar-refractivity contribution in [3.63, 3.8) is 0 Å². The summed E-state index contributed by atoms with van der Waals surface area (Å²) in [6.45, 7) is 3.69. The van der Waals surface area contributed by atoms with E-state index >= 15 is 0 Å². The Kier molecular flexibility index (Phi) is 4.59. The Balaban J connectivity index is 2.21. The predicted octanol–water partition coefficient (Wildman–Crippen LogP) is 3.50. The van der Waals surface area contributed by atoms with Crippen LogP contribution in [0, 0.1) is 0 Å². The zero-order chi connectivity index (χ0) is 18.4. The molecule has 0 aliphatic carbocycles. The van der Waals surface area contributed by atoms with Gasteiger partial charge in [-0.15, -0.1) is 0 Å². The minimum atomic E-state index is -3.79. The van der Waals surface area contributed by atoms with Crippen molar-refractivity contribution in [2.75, 3.05) is 7.11 Å². The molecular formula is C18H19BrO5S. The number of hydrogen-bond donors (Lipinski definition) is 1. The third kappa shape index (κ3) is 3.05. The molecule has 1 N–H and O–H groups in total. The van der Waals surface area contributed by atoms with Crippen molar-refractivity contribution < 1.29 is 23.0 Å². The average Bonchev–Trinajstić information content (AvgIpc) is 2.59. The van der Waals surface area contributed by atoms with Gasteiger partial charge in [0.2, 0.25) is 9.84 Å². The molecule has 0 fully saturated rings. The van der Waals surface area contributed by atoms with Crippen LogP contribution >= 0.6 is 15.9 Å². The molecule has 134 valence electrons. The minimum absolute atomic E-state index is 0.00186. The van der Waals surface area contributed by atoms with Crippen molar-refractivity contribution in [2.24, 2.45) is 0 Å². The van der Waals surface area contributed by atoms with E-state index in [0.717, 1.165) is 0 Å². The third-order valence-corrected chi connectivity index (χ3v) is 7.67. The zero-order valence-corrected chi connectivity index (χ0v) is 16.5. The van der Waals surface area contributed by atoms with Gasteiger partial charge in [0.25, 0.3) is 0 Å². The largest absolute Gasteiger partial charge is 0.495 e. The Morgan fingerprint density at radius 1 is 1.20 bits per heavy atom. The maximum atomic E-state index is 13.0. The van der Waals surface area contributed by atoms with E-state index < -0.39 is 21.5 Å². The van der Waals surface area contributed by atoms with Crippen LogP contribution in [-0.2, 0) is 9.84 Å². The summed E-state index contributed by atoms with van der Waals surface area (Å²) in [5.74, 6) is 0.593. The highest BCUT2D eigenvalue weighted by Crippen LogP contribution is 2.47. The maximum absolute atomic E-state index is 13.0. The Morgan fingerprint density at radius 3 is 2.44 bits per heavy atom. The van der Waals surface area contributed by atoms with Crippen LogP contribution in [0.2, 0.25) is 0 Å². The second kappa shape index (κ2) is 6.30. The normalized spacial score (nSPS) is 22.0. The summed E-state index contributed by atoms with van der Waals surface area (Å²) in [4.78, 5) is -0.217. The smallest absolute Gasteiger partial charge is 0.210 e. The second-order valence-corrected chi connectivity index (χ2v) is 9.31. The number of ether oxygens (including phenoxy) is 2. The molecule has 2 aromatic rings. The van der Waals surface area contributed by atoms with E-state index in [9.17, 15) is 13.5 Å². The van der Waals surface area contributed by atoms with Crippen molar-refractivity contribution in [1.29, 1.82) is 0 Å². The summed E-state index contributed by atoms with van der Waals surface area (Å²) < 4.78 is 37.2. The molecule has 0 radical (unpaired) electrons. The van der Waals surface area contributed by atoms with E-state index in [2.05, 4.69) is 15.9 Å². The number of fused-ring (bicyclic) bond motifs is 1. The minimum Gasteiger partial charge on any atom is -0.495 e. The van der Waals surface area contributed by atoms with Crippen LogP contribution in [0.4, 0.5) is 0 Å². The molecule has 2 unspecified atom stereocenters. The van der Waals surface area contributed by atoms with Gasteiger partial charge >= 0.3 is 0 Å². The van der Waals surface area contributed by atoms with E-state index in [1.54, 1.807) is 18.2 Å². The van der Waals surface area contributed by atoms with Crippen molar-refractivity contribution in [3.8, 4) is 11.5 Å². The van der Waals surface area contributed by atoms with Gasteiger partial charge in [0, 0.05) is 11.6 Å². The Morgan fingerprint density at radius 2 is 1.84 bits per heavy atom. The fourth-order valence-corrected chi connectivity index (χ4v) is 4.69. The predicted molar refractivity (Wildman–Crippen MR) is 97.3 cm³/mol. The molecule has 25 heavy (non-hydrogen) atoms. The number of alkyl halides is 1. The molecule has 2 atom stereocenters. The lowest BCUT2D eigenvalue weighted by Crippen LogP contribution is -2.45. The van der Waals surface area contributed by atoms with Crippen LogP contribution in [0.3, 0.4) is 0 Å². The molecular weight excluding hydrogens is 408 g/mol. The van der Waals surface area contributed by atoms with Crippen molar-refractivity contribution in [1.82, 2.24) is 0 Å². The number of rotatable bonds is 3. The van der Waals surface area contributed by atoms with Crippen LogP contribution in [-0.4, -0.2) is 31.1 Å². The monoisotopic (exact) mass is 426 g/mol. The first-order valence-corrected chi connectivity index (χ1v) is 10.1. The number of halogens is 1. The fourth-order valence-electron chi connectivity index (χ4n) is 2.85. The van der Waals surface area contributed by atoms with E-state index in [1.165, 1.54) is 31.4 Å². The average molecular weight is 427 g/mol. The van der Waals surface area contributed by atoms with Crippen LogP contribution in [0.1, 0.15) is 25.5 Å². The van der Waals surface area contributed by atoms with Crippen molar-refractivity contribution >= 4 is 25.8 Å². The molecule has 5 nitrogen and oxygen atoms in total. The first kappa shape index (κ1) is 18.2. The lowest BCUT2D eigenvalue weighted by Gasteiger charge is -2.40. The SMILES string of the molecule is COc1cc2c(cc1S(=O)(=O)c1ccccc1)C(O)C(Br)C(C)(C)O2. The number of methoxy groups -OCH3 is 1. The van der Waals surface area contributed by atoms with Crippen LogP contribution in [0.25, 0.3) is 0 Å².